The normalized spacial score (nSPS) is 22.2. The lowest BCUT2D eigenvalue weighted by Crippen LogP contribution is -2.53. The molecule has 33 heavy (non-hydrogen) atoms. The van der Waals surface area contributed by atoms with Gasteiger partial charge in [0.2, 0.25) is 0 Å². The van der Waals surface area contributed by atoms with Crippen LogP contribution in [-0.2, 0) is 9.53 Å². The molecule has 2 aromatic carbocycles. The van der Waals surface area contributed by atoms with Crippen LogP contribution >= 0.6 is 0 Å². The number of carbonyl (C=O) groups is 3. The van der Waals surface area contributed by atoms with E-state index in [0.717, 1.165) is 5.56 Å². The molecule has 2 heterocycles. The van der Waals surface area contributed by atoms with Crippen molar-refractivity contribution < 1.29 is 29.0 Å². The van der Waals surface area contributed by atoms with E-state index in [4.69, 9.17) is 14.6 Å². The van der Waals surface area contributed by atoms with Crippen molar-refractivity contribution in [3.05, 3.63) is 53.6 Å². The molecule has 1 saturated heterocycles. The number of carbonyl (C=O) groups excluding carboxylic acids is 2. The highest BCUT2D eigenvalue weighted by Gasteiger charge is 2.39. The van der Waals surface area contributed by atoms with Crippen molar-refractivity contribution in [3.63, 3.8) is 0 Å². The zero-order chi connectivity index (χ0) is 23.5. The fourth-order valence-electron chi connectivity index (χ4n) is 4.23. The predicted octanol–water partition coefficient (Wildman–Crippen LogP) is 3.49. The maximum Gasteiger partial charge on any atom is 0.323 e. The number of aliphatic carboxylic acids is 1. The molecule has 0 aliphatic carbocycles. The van der Waals surface area contributed by atoms with Gasteiger partial charge in [0.25, 0.3) is 5.91 Å². The van der Waals surface area contributed by atoms with E-state index in [0.29, 0.717) is 35.5 Å². The van der Waals surface area contributed by atoms with E-state index >= 15 is 0 Å². The van der Waals surface area contributed by atoms with Crippen LogP contribution in [0.2, 0.25) is 0 Å². The lowest BCUT2D eigenvalue weighted by molar-refractivity contribution is -0.148. The van der Waals surface area contributed by atoms with E-state index in [2.05, 4.69) is 10.6 Å². The summed E-state index contributed by atoms with van der Waals surface area (Å²) >= 11 is 0. The summed E-state index contributed by atoms with van der Waals surface area (Å²) in [6.45, 7) is 2.17. The minimum absolute atomic E-state index is 0.0723. The van der Waals surface area contributed by atoms with Crippen molar-refractivity contribution in [2.45, 2.75) is 44.4 Å². The maximum absolute atomic E-state index is 13.2. The van der Waals surface area contributed by atoms with Crippen LogP contribution in [0.5, 0.6) is 5.75 Å². The molecule has 3 amide bonds. The summed E-state index contributed by atoms with van der Waals surface area (Å²) in [5, 5.41) is 14.6. The van der Waals surface area contributed by atoms with Crippen LogP contribution < -0.4 is 15.4 Å². The Morgan fingerprint density at radius 2 is 1.79 bits per heavy atom. The van der Waals surface area contributed by atoms with Gasteiger partial charge in [-0.3, -0.25) is 9.59 Å². The van der Waals surface area contributed by atoms with E-state index in [9.17, 15) is 14.4 Å². The van der Waals surface area contributed by atoms with Crippen LogP contribution in [0.15, 0.2) is 42.5 Å². The molecular weight excluding hydrogens is 426 g/mol. The zero-order valence-corrected chi connectivity index (χ0v) is 18.5. The van der Waals surface area contributed by atoms with E-state index in [1.165, 1.54) is 0 Å². The highest BCUT2D eigenvalue weighted by Crippen LogP contribution is 2.32. The van der Waals surface area contributed by atoms with Crippen LogP contribution in [0.1, 0.15) is 35.2 Å². The Balaban J connectivity index is 1.48. The first-order valence-electron chi connectivity index (χ1n) is 10.9. The summed E-state index contributed by atoms with van der Waals surface area (Å²) in [6, 6.07) is 11.7. The van der Waals surface area contributed by atoms with Crippen molar-refractivity contribution in [1.82, 2.24) is 4.90 Å². The SMILES string of the molecule is Cc1ccc(NC(=O)Nc2ccc3c(c2)C(=O)N(C)[C@H]2CC[C@H](CC(=O)O)O[C@H]2CO3)cc1. The quantitative estimate of drug-likeness (QED) is 0.652. The van der Waals surface area contributed by atoms with Crippen LogP contribution in [0.3, 0.4) is 0 Å². The van der Waals surface area contributed by atoms with Gasteiger partial charge in [-0.2, -0.15) is 0 Å². The fraction of sp³-hybridized carbons (Fsp3) is 0.375. The third-order valence-electron chi connectivity index (χ3n) is 5.98. The largest absolute Gasteiger partial charge is 0.490 e. The lowest BCUT2D eigenvalue weighted by atomic mass is 9.94. The van der Waals surface area contributed by atoms with Crippen molar-refractivity contribution in [2.75, 3.05) is 24.3 Å². The number of rotatable bonds is 4. The van der Waals surface area contributed by atoms with Crippen LogP contribution in [0.4, 0.5) is 16.2 Å². The van der Waals surface area contributed by atoms with Gasteiger partial charge in [0.05, 0.1) is 24.1 Å². The number of amides is 3. The van der Waals surface area contributed by atoms with E-state index in [1.54, 1.807) is 30.1 Å². The Labute approximate surface area is 191 Å². The summed E-state index contributed by atoms with van der Waals surface area (Å²) in [5.74, 6) is -0.771. The smallest absolute Gasteiger partial charge is 0.323 e. The van der Waals surface area contributed by atoms with E-state index in [-0.39, 0.29) is 25.0 Å². The number of urea groups is 1. The first-order valence-corrected chi connectivity index (χ1v) is 10.9. The third-order valence-corrected chi connectivity index (χ3v) is 5.98. The van der Waals surface area contributed by atoms with Gasteiger partial charge in [-0.1, -0.05) is 17.7 Å². The minimum Gasteiger partial charge on any atom is -0.490 e. The minimum atomic E-state index is -0.911. The molecule has 1 fully saturated rings. The molecule has 9 heteroatoms. The van der Waals surface area contributed by atoms with Gasteiger partial charge in [0, 0.05) is 18.4 Å². The first kappa shape index (κ1) is 22.6. The van der Waals surface area contributed by atoms with Crippen molar-refractivity contribution >= 4 is 29.3 Å². The average molecular weight is 453 g/mol. The second kappa shape index (κ2) is 9.50. The molecule has 0 radical (unpaired) electrons. The first-order chi connectivity index (χ1) is 15.8. The Morgan fingerprint density at radius 1 is 1.09 bits per heavy atom. The third kappa shape index (κ3) is 5.25. The molecule has 0 unspecified atom stereocenters. The second-order valence-corrected chi connectivity index (χ2v) is 8.42. The topological polar surface area (TPSA) is 117 Å². The zero-order valence-electron chi connectivity index (χ0n) is 18.5. The molecule has 2 aliphatic rings. The van der Waals surface area contributed by atoms with Crippen LogP contribution in [0.25, 0.3) is 0 Å². The van der Waals surface area contributed by atoms with Crippen LogP contribution in [0, 0.1) is 6.92 Å². The molecule has 2 aromatic rings. The Hall–Kier alpha value is -3.59. The van der Waals surface area contributed by atoms with Gasteiger partial charge in [-0.05, 0) is 50.1 Å². The number of nitrogens with one attached hydrogen (secondary N) is 2. The van der Waals surface area contributed by atoms with Gasteiger partial charge in [0.15, 0.2) is 0 Å². The Morgan fingerprint density at radius 3 is 2.52 bits per heavy atom. The van der Waals surface area contributed by atoms with E-state index < -0.39 is 24.2 Å². The van der Waals surface area contributed by atoms with Crippen molar-refractivity contribution in [1.29, 1.82) is 0 Å². The summed E-state index contributed by atoms with van der Waals surface area (Å²) in [4.78, 5) is 38.3. The highest BCUT2D eigenvalue weighted by atomic mass is 16.5. The molecule has 174 valence electrons. The number of carboxylic acid groups (broad SMARTS) is 1. The molecular formula is C24H27N3O6. The number of hydrogen-bond acceptors (Lipinski definition) is 5. The number of likely N-dealkylation sites (N-methyl/N-ethyl adjacent to an activating group) is 1. The molecule has 0 saturated carbocycles. The van der Waals surface area contributed by atoms with Gasteiger partial charge >= 0.3 is 12.0 Å². The molecule has 2 aliphatic heterocycles. The molecule has 0 aromatic heterocycles. The standard InChI is InChI=1S/C24H27N3O6/c1-14-3-5-15(6-4-14)25-24(31)26-16-7-10-20-18(11-16)23(30)27(2)19-9-8-17(12-22(28)29)33-21(19)13-32-20/h3-7,10-11,17,19,21H,8-9,12-13H2,1-2H3,(H,28,29)(H2,25,26,31)/t17-,19+,21+/m1/s1. The molecule has 9 nitrogen and oxygen atoms in total. The maximum atomic E-state index is 13.2. The molecule has 0 spiro atoms. The number of carboxylic acids is 1. The molecule has 4 rings (SSSR count). The summed E-state index contributed by atoms with van der Waals surface area (Å²) in [5.41, 5.74) is 2.56. The van der Waals surface area contributed by atoms with Gasteiger partial charge < -0.3 is 30.1 Å². The van der Waals surface area contributed by atoms with Gasteiger partial charge in [-0.25, -0.2) is 4.79 Å². The Bertz CT molecular complexity index is 1050. The number of nitrogens with zero attached hydrogens (tertiary/aromatic N) is 1. The average Bonchev–Trinajstić information content (AvgIpc) is 2.78. The van der Waals surface area contributed by atoms with Gasteiger partial charge in [-0.15, -0.1) is 0 Å². The van der Waals surface area contributed by atoms with Crippen molar-refractivity contribution in [3.8, 4) is 5.75 Å². The highest BCUT2D eigenvalue weighted by molar-refractivity contribution is 6.02. The number of hydrogen-bond donors (Lipinski definition) is 3. The second-order valence-electron chi connectivity index (χ2n) is 8.42. The molecule has 3 atom stereocenters. The summed E-state index contributed by atoms with van der Waals surface area (Å²) in [6.07, 6.45) is 0.299. The van der Waals surface area contributed by atoms with Gasteiger partial charge in [0.1, 0.15) is 18.5 Å². The number of aryl methyl sites for hydroxylation is 1. The van der Waals surface area contributed by atoms with Crippen LogP contribution in [-0.4, -0.2) is 59.8 Å². The molecule has 0 bridgehead atoms. The lowest BCUT2D eigenvalue weighted by Gasteiger charge is -2.42. The number of benzene rings is 2. The fourth-order valence-corrected chi connectivity index (χ4v) is 4.23. The summed E-state index contributed by atoms with van der Waals surface area (Å²) in [7, 11) is 1.71. The predicted molar refractivity (Wildman–Crippen MR) is 122 cm³/mol. The Kier molecular flexibility index (Phi) is 6.50. The summed E-state index contributed by atoms with van der Waals surface area (Å²) < 4.78 is 11.8. The number of anilines is 2. The molecule has 3 N–H and O–H groups in total. The van der Waals surface area contributed by atoms with E-state index in [1.807, 2.05) is 31.2 Å². The number of ether oxygens (including phenoxy) is 2. The monoisotopic (exact) mass is 453 g/mol. The van der Waals surface area contributed by atoms with Crippen molar-refractivity contribution in [2.24, 2.45) is 0 Å². The number of fused-ring (bicyclic) bond motifs is 2.